The third kappa shape index (κ3) is 2.88. The first-order chi connectivity index (χ1) is 9.02. The van der Waals surface area contributed by atoms with Gasteiger partial charge in [0.05, 0.1) is 0 Å². The van der Waals surface area contributed by atoms with Gasteiger partial charge < -0.3 is 23.7 Å². The van der Waals surface area contributed by atoms with Gasteiger partial charge in [0.1, 0.15) is 37.5 Å². The Hall–Kier alpha value is -0.790. The first-order valence-electron chi connectivity index (χ1n) is 6.18. The molecule has 6 nitrogen and oxygen atoms in total. The molecule has 0 amide bonds. The Morgan fingerprint density at radius 2 is 2.11 bits per heavy atom. The topological polar surface area (TPSA) is 63.2 Å². The molecule has 0 spiro atoms. The van der Waals surface area contributed by atoms with E-state index in [0.29, 0.717) is 5.57 Å². The van der Waals surface area contributed by atoms with E-state index in [9.17, 15) is 4.79 Å². The maximum absolute atomic E-state index is 11.2. The predicted octanol–water partition coefficient (Wildman–Crippen LogP) is 0.649. The Bertz CT molecular complexity index is 364. The third-order valence-electron chi connectivity index (χ3n) is 3.24. The Morgan fingerprint density at radius 3 is 2.68 bits per heavy atom. The number of carbonyl (C=O) groups excluding carboxylic acids is 1. The van der Waals surface area contributed by atoms with Crippen molar-refractivity contribution in [2.75, 3.05) is 21.0 Å². The molecular weight excluding hydrogens is 252 g/mol. The zero-order valence-electron chi connectivity index (χ0n) is 11.6. The first kappa shape index (κ1) is 14.6. The van der Waals surface area contributed by atoms with Gasteiger partial charge in [0.25, 0.3) is 0 Å². The second kappa shape index (κ2) is 5.68. The number of rotatable bonds is 5. The van der Waals surface area contributed by atoms with Crippen LogP contribution in [0, 0.1) is 0 Å². The van der Waals surface area contributed by atoms with Crippen LogP contribution < -0.4 is 0 Å². The van der Waals surface area contributed by atoms with Crippen LogP contribution in [0.5, 0.6) is 0 Å². The van der Waals surface area contributed by atoms with Crippen molar-refractivity contribution in [3.63, 3.8) is 0 Å². The van der Waals surface area contributed by atoms with Gasteiger partial charge in [-0.25, -0.2) is 0 Å². The van der Waals surface area contributed by atoms with Crippen LogP contribution in [0.3, 0.4) is 0 Å². The van der Waals surface area contributed by atoms with E-state index in [0.717, 1.165) is 6.29 Å². The molecule has 0 unspecified atom stereocenters. The highest BCUT2D eigenvalue weighted by atomic mass is 16.8. The van der Waals surface area contributed by atoms with E-state index < -0.39 is 18.0 Å². The van der Waals surface area contributed by atoms with Crippen LogP contribution in [0.25, 0.3) is 0 Å². The molecule has 1 aliphatic carbocycles. The third-order valence-corrected chi connectivity index (χ3v) is 3.24. The Morgan fingerprint density at radius 1 is 1.37 bits per heavy atom. The number of hydrogen-bond donors (Lipinski definition) is 0. The van der Waals surface area contributed by atoms with Crippen molar-refractivity contribution in [3.8, 4) is 0 Å². The molecule has 4 atom stereocenters. The summed E-state index contributed by atoms with van der Waals surface area (Å²) in [6.45, 7) is 3.76. The van der Waals surface area contributed by atoms with Crippen molar-refractivity contribution in [1.29, 1.82) is 0 Å². The zero-order valence-corrected chi connectivity index (χ0v) is 11.6. The lowest BCUT2D eigenvalue weighted by Gasteiger charge is -2.35. The van der Waals surface area contributed by atoms with Crippen LogP contribution in [-0.4, -0.2) is 57.5 Å². The molecule has 1 aliphatic heterocycles. The minimum absolute atomic E-state index is 0.101. The van der Waals surface area contributed by atoms with Gasteiger partial charge in [0.2, 0.25) is 0 Å². The van der Waals surface area contributed by atoms with Crippen molar-refractivity contribution < 1.29 is 28.5 Å². The zero-order chi connectivity index (χ0) is 14.0. The summed E-state index contributed by atoms with van der Waals surface area (Å²) in [4.78, 5) is 11.2. The van der Waals surface area contributed by atoms with E-state index in [1.807, 2.05) is 13.8 Å². The maximum Gasteiger partial charge on any atom is 0.164 e. The molecular formula is C13H20O6. The lowest BCUT2D eigenvalue weighted by Crippen LogP contribution is -2.50. The molecule has 0 bridgehead atoms. The first-order valence-corrected chi connectivity index (χ1v) is 6.18. The van der Waals surface area contributed by atoms with Gasteiger partial charge in [-0.15, -0.1) is 0 Å². The van der Waals surface area contributed by atoms with Crippen LogP contribution in [0.15, 0.2) is 11.6 Å². The molecule has 1 saturated heterocycles. The maximum atomic E-state index is 11.2. The molecule has 0 radical (unpaired) electrons. The summed E-state index contributed by atoms with van der Waals surface area (Å²) >= 11 is 0. The summed E-state index contributed by atoms with van der Waals surface area (Å²) in [5.41, 5.74) is 0.506. The van der Waals surface area contributed by atoms with Gasteiger partial charge in [-0.3, -0.25) is 4.79 Å². The van der Waals surface area contributed by atoms with Crippen LogP contribution in [0.1, 0.15) is 13.8 Å². The summed E-state index contributed by atoms with van der Waals surface area (Å²) < 4.78 is 27.5. The average molecular weight is 272 g/mol. The number of carbonyl (C=O) groups is 1. The number of hydrogen-bond acceptors (Lipinski definition) is 6. The molecule has 2 rings (SSSR count). The lowest BCUT2D eigenvalue weighted by molar-refractivity contribution is -0.186. The largest absolute Gasteiger partial charge is 0.374 e. The van der Waals surface area contributed by atoms with Crippen LogP contribution in [0.2, 0.25) is 0 Å². The molecule has 0 aromatic rings. The van der Waals surface area contributed by atoms with Gasteiger partial charge in [-0.1, -0.05) is 0 Å². The van der Waals surface area contributed by atoms with Crippen LogP contribution in [0.4, 0.5) is 0 Å². The van der Waals surface area contributed by atoms with Crippen molar-refractivity contribution in [2.45, 2.75) is 44.1 Å². The normalized spacial score (nSPS) is 36.7. The summed E-state index contributed by atoms with van der Waals surface area (Å²) in [5, 5.41) is 0. The lowest BCUT2D eigenvalue weighted by atomic mass is 9.90. The monoisotopic (exact) mass is 272 g/mol. The van der Waals surface area contributed by atoms with E-state index >= 15 is 0 Å². The fourth-order valence-corrected chi connectivity index (χ4v) is 2.55. The number of methoxy groups -OCH3 is 2. The van der Waals surface area contributed by atoms with E-state index in [-0.39, 0.29) is 19.0 Å². The smallest absolute Gasteiger partial charge is 0.164 e. The van der Waals surface area contributed by atoms with Gasteiger partial charge in [0, 0.05) is 19.8 Å². The number of ether oxygens (including phenoxy) is 5. The molecule has 6 heteroatoms. The highest BCUT2D eigenvalue weighted by Gasteiger charge is 2.51. The molecule has 1 fully saturated rings. The summed E-state index contributed by atoms with van der Waals surface area (Å²) in [6.07, 6.45) is 0.950. The van der Waals surface area contributed by atoms with E-state index in [4.69, 9.17) is 23.7 Å². The standard InChI is InChI=1S/C13H20O6/c1-13(2)18-9-5-8(6-14)10(16-4)12(11(9)19-13)17-7-15-3/h5-6,9-12H,7H2,1-4H3/t9-,10-,11-,12+/m0/s1. The van der Waals surface area contributed by atoms with Crippen molar-refractivity contribution in [1.82, 2.24) is 0 Å². The van der Waals surface area contributed by atoms with Crippen molar-refractivity contribution in [2.24, 2.45) is 0 Å². The fourth-order valence-electron chi connectivity index (χ4n) is 2.55. The van der Waals surface area contributed by atoms with E-state index in [2.05, 4.69) is 0 Å². The molecule has 19 heavy (non-hydrogen) atoms. The van der Waals surface area contributed by atoms with Crippen LogP contribution in [-0.2, 0) is 28.5 Å². The molecule has 108 valence electrons. The van der Waals surface area contributed by atoms with Gasteiger partial charge in [-0.05, 0) is 19.9 Å². The van der Waals surface area contributed by atoms with Crippen molar-refractivity contribution in [3.05, 3.63) is 11.6 Å². The minimum atomic E-state index is -0.711. The molecule has 0 aromatic heterocycles. The van der Waals surface area contributed by atoms with Gasteiger partial charge in [0.15, 0.2) is 5.79 Å². The molecule has 0 N–H and O–H groups in total. The summed E-state index contributed by atoms with van der Waals surface area (Å²) in [7, 11) is 3.07. The molecule has 2 aliphatic rings. The number of fused-ring (bicyclic) bond motifs is 1. The molecule has 1 heterocycles. The summed E-state index contributed by atoms with van der Waals surface area (Å²) in [6, 6.07) is 0. The average Bonchev–Trinajstić information content (AvgIpc) is 2.68. The second-order valence-electron chi connectivity index (χ2n) is 5.04. The van der Waals surface area contributed by atoms with E-state index in [1.54, 1.807) is 6.08 Å². The Kier molecular flexibility index (Phi) is 4.37. The second-order valence-corrected chi connectivity index (χ2v) is 5.04. The Balaban J connectivity index is 2.26. The van der Waals surface area contributed by atoms with Crippen LogP contribution >= 0.6 is 0 Å². The summed E-state index contributed by atoms with van der Waals surface area (Å²) in [5.74, 6) is -0.711. The van der Waals surface area contributed by atoms with Gasteiger partial charge >= 0.3 is 0 Å². The minimum Gasteiger partial charge on any atom is -0.374 e. The highest BCUT2D eigenvalue weighted by Crippen LogP contribution is 2.37. The molecule has 0 aromatic carbocycles. The van der Waals surface area contributed by atoms with Crippen molar-refractivity contribution >= 4 is 6.29 Å². The fraction of sp³-hybridized carbons (Fsp3) is 0.769. The van der Waals surface area contributed by atoms with E-state index in [1.165, 1.54) is 14.2 Å². The Labute approximate surface area is 112 Å². The van der Waals surface area contributed by atoms with Gasteiger partial charge in [-0.2, -0.15) is 0 Å². The molecule has 0 saturated carbocycles. The number of aldehydes is 1. The highest BCUT2D eigenvalue weighted by molar-refractivity contribution is 5.75. The predicted molar refractivity (Wildman–Crippen MR) is 65.5 cm³/mol. The quantitative estimate of drug-likeness (QED) is 0.541. The SMILES string of the molecule is COCO[C@H]1[C@H]2OC(C)(C)O[C@H]2C=C(C=O)[C@@H]1OC.